The van der Waals surface area contributed by atoms with Gasteiger partial charge in [-0.3, -0.25) is 4.79 Å². The summed E-state index contributed by atoms with van der Waals surface area (Å²) in [6.45, 7) is 11.5. The molecule has 0 saturated carbocycles. The molecule has 4 nitrogen and oxygen atoms in total. The van der Waals surface area contributed by atoms with Crippen LogP contribution in [-0.2, 0) is 0 Å². The number of nitrogens with one attached hydrogen (secondary N) is 1. The SMILES string of the molecule is CCCNc1ccc(C(=O)N2CCC(C(C)(C)C)C2)cn1. The van der Waals surface area contributed by atoms with Crippen molar-refractivity contribution < 1.29 is 4.79 Å². The molecular formula is C17H27N3O. The number of hydrogen-bond donors (Lipinski definition) is 1. The number of likely N-dealkylation sites (tertiary alicyclic amines) is 1. The van der Waals surface area contributed by atoms with Crippen LogP contribution in [0.25, 0.3) is 0 Å². The number of carbonyl (C=O) groups excluding carboxylic acids is 1. The highest BCUT2D eigenvalue weighted by Gasteiger charge is 2.34. The highest BCUT2D eigenvalue weighted by atomic mass is 16.2. The summed E-state index contributed by atoms with van der Waals surface area (Å²) < 4.78 is 0. The minimum absolute atomic E-state index is 0.108. The molecule has 1 aromatic rings. The van der Waals surface area contributed by atoms with Crippen molar-refractivity contribution in [3.8, 4) is 0 Å². The van der Waals surface area contributed by atoms with Gasteiger partial charge in [0.15, 0.2) is 0 Å². The van der Waals surface area contributed by atoms with Crippen molar-refractivity contribution in [1.82, 2.24) is 9.88 Å². The Hall–Kier alpha value is -1.58. The van der Waals surface area contributed by atoms with Crippen LogP contribution in [0.2, 0.25) is 0 Å². The molecule has 1 aromatic heterocycles. The summed E-state index contributed by atoms with van der Waals surface area (Å²) in [6.07, 6.45) is 3.84. The van der Waals surface area contributed by atoms with Crippen LogP contribution < -0.4 is 5.32 Å². The van der Waals surface area contributed by atoms with Crippen LogP contribution in [0.5, 0.6) is 0 Å². The molecule has 0 aromatic carbocycles. The maximum absolute atomic E-state index is 12.5. The average molecular weight is 289 g/mol. The van der Waals surface area contributed by atoms with Crippen molar-refractivity contribution in [2.24, 2.45) is 11.3 Å². The fourth-order valence-corrected chi connectivity index (χ4v) is 2.71. The number of hydrogen-bond acceptors (Lipinski definition) is 3. The van der Waals surface area contributed by atoms with Gasteiger partial charge in [-0.15, -0.1) is 0 Å². The summed E-state index contributed by atoms with van der Waals surface area (Å²) in [4.78, 5) is 18.8. The number of aromatic nitrogens is 1. The summed E-state index contributed by atoms with van der Waals surface area (Å²) in [5.74, 6) is 1.53. The third kappa shape index (κ3) is 3.96. The van der Waals surface area contributed by atoms with Crippen molar-refractivity contribution in [1.29, 1.82) is 0 Å². The minimum Gasteiger partial charge on any atom is -0.370 e. The fraction of sp³-hybridized carbons (Fsp3) is 0.647. The fourth-order valence-electron chi connectivity index (χ4n) is 2.71. The van der Waals surface area contributed by atoms with E-state index in [1.165, 1.54) is 0 Å². The van der Waals surface area contributed by atoms with Crippen LogP contribution in [0.1, 0.15) is 50.9 Å². The van der Waals surface area contributed by atoms with Gasteiger partial charge in [0.25, 0.3) is 5.91 Å². The van der Waals surface area contributed by atoms with E-state index in [0.29, 0.717) is 11.5 Å². The van der Waals surface area contributed by atoms with Gasteiger partial charge in [-0.2, -0.15) is 0 Å². The topological polar surface area (TPSA) is 45.2 Å². The van der Waals surface area contributed by atoms with E-state index in [2.05, 4.69) is 38.0 Å². The van der Waals surface area contributed by atoms with Gasteiger partial charge < -0.3 is 10.2 Å². The summed E-state index contributed by atoms with van der Waals surface area (Å²) in [5.41, 5.74) is 0.952. The molecular weight excluding hydrogens is 262 g/mol. The Morgan fingerprint density at radius 2 is 2.19 bits per heavy atom. The second-order valence-electron chi connectivity index (χ2n) is 6.96. The number of anilines is 1. The predicted octanol–water partition coefficient (Wildman–Crippen LogP) is 3.41. The molecule has 1 unspecified atom stereocenters. The number of carbonyl (C=O) groups is 1. The lowest BCUT2D eigenvalue weighted by atomic mass is 9.80. The van der Waals surface area contributed by atoms with Crippen LogP contribution >= 0.6 is 0 Å². The molecule has 1 aliphatic rings. The monoisotopic (exact) mass is 289 g/mol. The van der Waals surface area contributed by atoms with E-state index in [1.54, 1.807) is 6.20 Å². The summed E-state index contributed by atoms with van der Waals surface area (Å²) in [6, 6.07) is 3.76. The number of rotatable bonds is 4. The molecule has 0 spiro atoms. The van der Waals surface area contributed by atoms with Gasteiger partial charge >= 0.3 is 0 Å². The van der Waals surface area contributed by atoms with Crippen molar-refractivity contribution in [2.75, 3.05) is 25.0 Å². The van der Waals surface area contributed by atoms with Crippen LogP contribution in [0.4, 0.5) is 5.82 Å². The van der Waals surface area contributed by atoms with E-state index >= 15 is 0 Å². The molecule has 0 aliphatic carbocycles. The molecule has 0 bridgehead atoms. The number of nitrogens with zero attached hydrogens (tertiary/aromatic N) is 2. The second-order valence-corrected chi connectivity index (χ2v) is 6.96. The van der Waals surface area contributed by atoms with Crippen LogP contribution in [0.15, 0.2) is 18.3 Å². The molecule has 1 atom stereocenters. The maximum Gasteiger partial charge on any atom is 0.255 e. The molecule has 21 heavy (non-hydrogen) atoms. The van der Waals surface area contributed by atoms with Gasteiger partial charge in [0.1, 0.15) is 5.82 Å². The molecule has 1 saturated heterocycles. The largest absolute Gasteiger partial charge is 0.370 e. The summed E-state index contributed by atoms with van der Waals surface area (Å²) in [5, 5.41) is 3.22. The molecule has 4 heteroatoms. The lowest BCUT2D eigenvalue weighted by Gasteiger charge is -2.27. The highest BCUT2D eigenvalue weighted by Crippen LogP contribution is 2.34. The minimum atomic E-state index is 0.108. The smallest absolute Gasteiger partial charge is 0.255 e. The number of amides is 1. The first-order chi connectivity index (χ1) is 9.91. The van der Waals surface area contributed by atoms with Gasteiger partial charge in [0.2, 0.25) is 0 Å². The van der Waals surface area contributed by atoms with Gasteiger partial charge in [-0.05, 0) is 36.3 Å². The Labute approximate surface area is 127 Å². The Morgan fingerprint density at radius 1 is 1.43 bits per heavy atom. The van der Waals surface area contributed by atoms with E-state index in [-0.39, 0.29) is 11.3 Å². The Bertz CT molecular complexity index is 476. The first kappa shape index (κ1) is 15.8. The van der Waals surface area contributed by atoms with Gasteiger partial charge in [-0.1, -0.05) is 27.7 Å². The van der Waals surface area contributed by atoms with Crippen molar-refractivity contribution >= 4 is 11.7 Å². The van der Waals surface area contributed by atoms with Gasteiger partial charge in [0.05, 0.1) is 5.56 Å². The highest BCUT2D eigenvalue weighted by molar-refractivity contribution is 5.94. The van der Waals surface area contributed by atoms with E-state index in [9.17, 15) is 4.79 Å². The Morgan fingerprint density at radius 3 is 2.71 bits per heavy atom. The van der Waals surface area contributed by atoms with Crippen molar-refractivity contribution in [3.05, 3.63) is 23.9 Å². The molecule has 1 N–H and O–H groups in total. The molecule has 0 radical (unpaired) electrons. The molecule has 116 valence electrons. The predicted molar refractivity (Wildman–Crippen MR) is 86.5 cm³/mol. The zero-order valence-corrected chi connectivity index (χ0v) is 13.6. The van der Waals surface area contributed by atoms with Crippen molar-refractivity contribution in [3.63, 3.8) is 0 Å². The molecule has 1 amide bonds. The average Bonchev–Trinajstić information content (AvgIpc) is 2.95. The van der Waals surface area contributed by atoms with E-state index in [0.717, 1.165) is 38.3 Å². The van der Waals surface area contributed by atoms with Crippen LogP contribution in [0, 0.1) is 11.3 Å². The lowest BCUT2D eigenvalue weighted by molar-refractivity contribution is 0.0776. The Balaban J connectivity index is 1.98. The summed E-state index contributed by atoms with van der Waals surface area (Å²) in [7, 11) is 0. The maximum atomic E-state index is 12.5. The van der Waals surface area contributed by atoms with Gasteiger partial charge in [0, 0.05) is 25.8 Å². The zero-order valence-electron chi connectivity index (χ0n) is 13.6. The molecule has 2 heterocycles. The first-order valence-electron chi connectivity index (χ1n) is 7.91. The van der Waals surface area contributed by atoms with Crippen molar-refractivity contribution in [2.45, 2.75) is 40.5 Å². The van der Waals surface area contributed by atoms with E-state index < -0.39 is 0 Å². The normalized spacial score (nSPS) is 18.9. The summed E-state index contributed by atoms with van der Waals surface area (Å²) >= 11 is 0. The first-order valence-corrected chi connectivity index (χ1v) is 7.91. The lowest BCUT2D eigenvalue weighted by Crippen LogP contribution is -2.31. The second kappa shape index (κ2) is 6.46. The van der Waals surface area contributed by atoms with Crippen LogP contribution in [0.3, 0.4) is 0 Å². The third-order valence-corrected chi connectivity index (χ3v) is 4.27. The number of pyridine rings is 1. The zero-order chi connectivity index (χ0) is 15.5. The van der Waals surface area contributed by atoms with Gasteiger partial charge in [-0.25, -0.2) is 4.98 Å². The quantitative estimate of drug-likeness (QED) is 0.924. The third-order valence-electron chi connectivity index (χ3n) is 4.27. The Kier molecular flexibility index (Phi) is 4.86. The van der Waals surface area contributed by atoms with Crippen LogP contribution in [-0.4, -0.2) is 35.4 Å². The molecule has 2 rings (SSSR count). The molecule has 1 fully saturated rings. The van der Waals surface area contributed by atoms with E-state index in [1.807, 2.05) is 17.0 Å². The standard InChI is InChI=1S/C17H27N3O/c1-5-9-18-15-7-6-13(11-19-15)16(21)20-10-8-14(12-20)17(2,3)4/h6-7,11,14H,5,8-10,12H2,1-4H3,(H,18,19). The molecule has 1 aliphatic heterocycles. The van der Waals surface area contributed by atoms with E-state index in [4.69, 9.17) is 0 Å².